The van der Waals surface area contributed by atoms with E-state index >= 15 is 0 Å². The van der Waals surface area contributed by atoms with Gasteiger partial charge < -0.3 is 11.1 Å². The van der Waals surface area contributed by atoms with E-state index in [1.165, 1.54) is 17.7 Å². The first-order chi connectivity index (χ1) is 7.58. The van der Waals surface area contributed by atoms with Gasteiger partial charge in [0.2, 0.25) is 0 Å². The lowest BCUT2D eigenvalue weighted by atomic mass is 10.1. The maximum absolute atomic E-state index is 5.74. The molecule has 3 nitrogen and oxygen atoms in total. The van der Waals surface area contributed by atoms with Crippen LogP contribution in [0.1, 0.15) is 37.1 Å². The molecule has 0 amide bonds. The van der Waals surface area contributed by atoms with Crippen molar-refractivity contribution < 1.29 is 0 Å². The van der Waals surface area contributed by atoms with Crippen LogP contribution in [0.15, 0.2) is 6.07 Å². The van der Waals surface area contributed by atoms with Gasteiger partial charge in [0.25, 0.3) is 0 Å². The molecule has 0 spiro atoms. The van der Waals surface area contributed by atoms with Gasteiger partial charge in [-0.2, -0.15) is 0 Å². The van der Waals surface area contributed by atoms with Crippen LogP contribution in [0, 0.1) is 0 Å². The van der Waals surface area contributed by atoms with Crippen LogP contribution >= 0.6 is 12.2 Å². The third kappa shape index (κ3) is 2.16. The average molecular weight is 235 g/mol. The predicted molar refractivity (Wildman–Crippen MR) is 70.9 cm³/mol. The first-order valence-corrected chi connectivity index (χ1v) is 6.08. The predicted octanol–water partition coefficient (Wildman–Crippen LogP) is 2.02. The van der Waals surface area contributed by atoms with Gasteiger partial charge in [0, 0.05) is 11.7 Å². The number of fused-ring (bicyclic) bond motifs is 1. The second kappa shape index (κ2) is 4.37. The lowest BCUT2D eigenvalue weighted by Crippen LogP contribution is -2.19. The molecule has 0 fully saturated rings. The summed E-state index contributed by atoms with van der Waals surface area (Å²) < 4.78 is 0. The molecule has 1 aromatic heterocycles. The summed E-state index contributed by atoms with van der Waals surface area (Å²) in [5.41, 5.74) is 9.12. The Morgan fingerprint density at radius 2 is 2.25 bits per heavy atom. The third-order valence-corrected chi connectivity index (χ3v) is 2.96. The zero-order valence-electron chi connectivity index (χ0n) is 9.71. The number of thiocarbonyl (C=S) groups is 1. The molecule has 2 rings (SSSR count). The van der Waals surface area contributed by atoms with E-state index in [2.05, 4.69) is 30.2 Å². The highest BCUT2D eigenvalue weighted by Crippen LogP contribution is 2.25. The molecule has 0 radical (unpaired) electrons. The van der Waals surface area contributed by atoms with E-state index in [-0.39, 0.29) is 0 Å². The van der Waals surface area contributed by atoms with Crippen LogP contribution in [0.5, 0.6) is 0 Å². The molecular weight excluding hydrogens is 218 g/mol. The highest BCUT2D eigenvalue weighted by atomic mass is 32.1. The van der Waals surface area contributed by atoms with Crippen LogP contribution in [0.2, 0.25) is 0 Å². The van der Waals surface area contributed by atoms with Gasteiger partial charge in [0.05, 0.1) is 5.56 Å². The zero-order valence-corrected chi connectivity index (χ0v) is 10.5. The maximum Gasteiger partial charge on any atom is 0.136 e. The minimum atomic E-state index is 0.333. The number of pyridine rings is 1. The number of hydrogen-bond acceptors (Lipinski definition) is 3. The van der Waals surface area contributed by atoms with Crippen LogP contribution in [0.25, 0.3) is 0 Å². The number of aryl methyl sites for hydroxylation is 2. The molecule has 1 aromatic rings. The van der Waals surface area contributed by atoms with Gasteiger partial charge in [-0.05, 0) is 44.7 Å². The fraction of sp³-hybridized carbons (Fsp3) is 0.500. The number of nitrogens with zero attached hydrogens (tertiary/aromatic N) is 1. The van der Waals surface area contributed by atoms with Crippen molar-refractivity contribution in [2.45, 2.75) is 39.2 Å². The van der Waals surface area contributed by atoms with Crippen molar-refractivity contribution in [2.24, 2.45) is 5.73 Å². The van der Waals surface area contributed by atoms with Crippen molar-refractivity contribution in [1.82, 2.24) is 4.98 Å². The molecule has 0 bridgehead atoms. The Hall–Kier alpha value is -1.16. The van der Waals surface area contributed by atoms with Crippen molar-refractivity contribution >= 4 is 23.0 Å². The summed E-state index contributed by atoms with van der Waals surface area (Å²) in [6.07, 6.45) is 3.35. The van der Waals surface area contributed by atoms with Crippen molar-refractivity contribution in [2.75, 3.05) is 5.32 Å². The summed E-state index contributed by atoms with van der Waals surface area (Å²) in [6.45, 7) is 4.16. The van der Waals surface area contributed by atoms with Gasteiger partial charge in [-0.1, -0.05) is 12.2 Å². The summed E-state index contributed by atoms with van der Waals surface area (Å²) in [5, 5.41) is 3.31. The van der Waals surface area contributed by atoms with Gasteiger partial charge in [-0.25, -0.2) is 4.98 Å². The summed E-state index contributed by atoms with van der Waals surface area (Å²) in [4.78, 5) is 5.06. The average Bonchev–Trinajstić information content (AvgIpc) is 2.62. The number of aromatic nitrogens is 1. The van der Waals surface area contributed by atoms with E-state index in [1.54, 1.807) is 0 Å². The summed E-state index contributed by atoms with van der Waals surface area (Å²) in [6, 6.07) is 2.43. The Bertz CT molecular complexity index is 427. The largest absolute Gasteiger partial charge is 0.389 e. The van der Waals surface area contributed by atoms with E-state index in [9.17, 15) is 0 Å². The quantitative estimate of drug-likeness (QED) is 0.787. The number of anilines is 1. The first kappa shape index (κ1) is 11.3. The van der Waals surface area contributed by atoms with E-state index in [0.717, 1.165) is 24.2 Å². The van der Waals surface area contributed by atoms with Crippen molar-refractivity contribution in [3.8, 4) is 0 Å². The minimum absolute atomic E-state index is 0.333. The highest BCUT2D eigenvalue weighted by molar-refractivity contribution is 7.80. The van der Waals surface area contributed by atoms with Crippen LogP contribution in [-0.4, -0.2) is 16.0 Å². The SMILES string of the molecule is CC(C)Nc1nc2c(cc1C(N)=S)CCC2. The molecule has 0 saturated carbocycles. The fourth-order valence-electron chi connectivity index (χ4n) is 2.04. The van der Waals surface area contributed by atoms with Crippen LogP contribution in [0.4, 0.5) is 5.82 Å². The van der Waals surface area contributed by atoms with Gasteiger partial charge in [0.15, 0.2) is 0 Å². The molecule has 0 unspecified atom stereocenters. The number of nitrogens with one attached hydrogen (secondary N) is 1. The number of hydrogen-bond donors (Lipinski definition) is 2. The van der Waals surface area contributed by atoms with E-state index in [1.807, 2.05) is 0 Å². The number of nitrogens with two attached hydrogens (primary N) is 1. The Morgan fingerprint density at radius 1 is 1.50 bits per heavy atom. The van der Waals surface area contributed by atoms with Crippen LogP contribution in [-0.2, 0) is 12.8 Å². The van der Waals surface area contributed by atoms with Gasteiger partial charge in [0.1, 0.15) is 10.8 Å². The highest BCUT2D eigenvalue weighted by Gasteiger charge is 2.17. The monoisotopic (exact) mass is 235 g/mol. The molecule has 3 N–H and O–H groups in total. The molecule has 16 heavy (non-hydrogen) atoms. The van der Waals surface area contributed by atoms with Crippen molar-refractivity contribution in [3.05, 3.63) is 22.9 Å². The Labute approximate surface area is 101 Å². The standard InChI is InChI=1S/C12H17N3S/c1-7(2)14-12-9(11(13)16)6-8-4-3-5-10(8)15-12/h6-7H,3-5H2,1-2H3,(H2,13,16)(H,14,15). The smallest absolute Gasteiger partial charge is 0.136 e. The maximum atomic E-state index is 5.74. The Morgan fingerprint density at radius 3 is 2.88 bits per heavy atom. The molecule has 1 heterocycles. The summed E-state index contributed by atoms with van der Waals surface area (Å²) in [5.74, 6) is 0.836. The van der Waals surface area contributed by atoms with Gasteiger partial charge in [-0.15, -0.1) is 0 Å². The zero-order chi connectivity index (χ0) is 11.7. The lowest BCUT2D eigenvalue weighted by Gasteiger charge is -2.14. The van der Waals surface area contributed by atoms with E-state index in [0.29, 0.717) is 11.0 Å². The molecule has 0 atom stereocenters. The van der Waals surface area contributed by atoms with Gasteiger partial charge in [-0.3, -0.25) is 0 Å². The molecule has 4 heteroatoms. The van der Waals surface area contributed by atoms with E-state index < -0.39 is 0 Å². The topological polar surface area (TPSA) is 50.9 Å². The normalized spacial score (nSPS) is 13.9. The minimum Gasteiger partial charge on any atom is -0.389 e. The van der Waals surface area contributed by atoms with Crippen LogP contribution in [0.3, 0.4) is 0 Å². The molecule has 1 aliphatic carbocycles. The molecule has 1 aliphatic rings. The Kier molecular flexibility index (Phi) is 3.10. The lowest BCUT2D eigenvalue weighted by molar-refractivity contribution is 0.876. The number of rotatable bonds is 3. The Balaban J connectivity index is 2.44. The second-order valence-electron chi connectivity index (χ2n) is 4.51. The summed E-state index contributed by atoms with van der Waals surface area (Å²) >= 11 is 5.07. The summed E-state index contributed by atoms with van der Waals surface area (Å²) in [7, 11) is 0. The molecule has 86 valence electrons. The molecule has 0 aliphatic heterocycles. The van der Waals surface area contributed by atoms with Crippen molar-refractivity contribution in [1.29, 1.82) is 0 Å². The van der Waals surface area contributed by atoms with Crippen LogP contribution < -0.4 is 11.1 Å². The van der Waals surface area contributed by atoms with Crippen molar-refractivity contribution in [3.63, 3.8) is 0 Å². The molecule has 0 aromatic carbocycles. The molecule has 0 saturated heterocycles. The second-order valence-corrected chi connectivity index (χ2v) is 4.95. The first-order valence-electron chi connectivity index (χ1n) is 5.67. The third-order valence-electron chi connectivity index (χ3n) is 2.74. The van der Waals surface area contributed by atoms with E-state index in [4.69, 9.17) is 18.0 Å². The molecular formula is C12H17N3S. The fourth-order valence-corrected chi connectivity index (χ4v) is 2.20. The van der Waals surface area contributed by atoms with Gasteiger partial charge >= 0.3 is 0 Å².